The van der Waals surface area contributed by atoms with Crippen molar-refractivity contribution in [2.24, 2.45) is 23.7 Å². The van der Waals surface area contributed by atoms with Crippen LogP contribution in [-0.4, -0.2) is 177 Å². The third kappa shape index (κ3) is 19.3. The number of rotatable bonds is 20. The number of benzene rings is 2. The van der Waals surface area contributed by atoms with Crippen LogP contribution in [0.3, 0.4) is 0 Å². The van der Waals surface area contributed by atoms with Gasteiger partial charge in [0.05, 0.1) is 0 Å². The first-order chi connectivity index (χ1) is 40.6. The van der Waals surface area contributed by atoms with Crippen molar-refractivity contribution in [2.45, 2.75) is 183 Å². The molecule has 472 valence electrons. The SMILES string of the molecule is COCc1nccn1Cc1ccc(C[C@H]2OC(=O)[C@H](CC(C)C)N(C)C(=O)[C@@H](C)OC(=O)[C@H](CC(C)C)N(C)C(=O)[C@@H](Cc3ccc(Cn4ccnc4COC)cc3)OC(=O)[C@H](CC(C)C)N(C)C(=O)[C@@H](C)OC(=O)[C@H](CC(C)C)N(C)C2=O)cc1. The second kappa shape index (κ2) is 32.3. The van der Waals surface area contributed by atoms with Gasteiger partial charge in [0.2, 0.25) is 0 Å². The minimum Gasteiger partial charge on any atom is -0.451 e. The monoisotopic (exact) mass is 1200 g/mol. The number of ether oxygens (including phenoxy) is 6. The fourth-order valence-electron chi connectivity index (χ4n) is 10.4. The highest BCUT2D eigenvalue weighted by molar-refractivity contribution is 5.94. The van der Waals surface area contributed by atoms with E-state index < -0.39 is 96.1 Å². The Morgan fingerprint density at radius 1 is 0.419 bits per heavy atom. The molecular weight excluding hydrogens is 1100 g/mol. The molecule has 1 fully saturated rings. The van der Waals surface area contributed by atoms with Crippen LogP contribution in [0.25, 0.3) is 0 Å². The third-order valence-corrected chi connectivity index (χ3v) is 15.2. The van der Waals surface area contributed by atoms with Crippen molar-refractivity contribution in [3.63, 3.8) is 0 Å². The number of hydrogen-bond acceptors (Lipinski definition) is 16. The van der Waals surface area contributed by atoms with Gasteiger partial charge < -0.3 is 57.2 Å². The van der Waals surface area contributed by atoms with E-state index in [0.717, 1.165) is 42.4 Å². The Morgan fingerprint density at radius 2 is 0.686 bits per heavy atom. The highest BCUT2D eigenvalue weighted by Gasteiger charge is 2.43. The lowest BCUT2D eigenvalue weighted by molar-refractivity contribution is -0.176. The van der Waals surface area contributed by atoms with Gasteiger partial charge in [0, 0.05) is 93.1 Å². The summed E-state index contributed by atoms with van der Waals surface area (Å²) in [6.45, 7) is 19.1. The molecule has 22 nitrogen and oxygen atoms in total. The highest BCUT2D eigenvalue weighted by atomic mass is 16.6. The van der Waals surface area contributed by atoms with Gasteiger partial charge in [-0.15, -0.1) is 0 Å². The number of imidazole rings is 2. The Kier molecular flexibility index (Phi) is 26.1. The van der Waals surface area contributed by atoms with Gasteiger partial charge in [-0.1, -0.05) is 104 Å². The maximum Gasteiger partial charge on any atom is 0.329 e. The largest absolute Gasteiger partial charge is 0.451 e. The number of amides is 4. The minimum absolute atomic E-state index is 0.0726. The Bertz CT molecular complexity index is 2690. The van der Waals surface area contributed by atoms with Crippen LogP contribution < -0.4 is 0 Å². The summed E-state index contributed by atoms with van der Waals surface area (Å²) in [7, 11) is 8.74. The number of esters is 4. The quantitative estimate of drug-likeness (QED) is 0.0682. The fraction of sp³-hybridized carbons (Fsp3) is 0.594. The van der Waals surface area contributed by atoms with Crippen LogP contribution in [0.5, 0.6) is 0 Å². The average Bonchev–Trinajstić information content (AvgIpc) is 3.06. The zero-order chi connectivity index (χ0) is 63.7. The van der Waals surface area contributed by atoms with Crippen LogP contribution in [0.1, 0.15) is 129 Å². The molecule has 1 aliphatic heterocycles. The molecule has 0 radical (unpaired) electrons. The normalized spacial score (nSPS) is 22.5. The summed E-state index contributed by atoms with van der Waals surface area (Å²) >= 11 is 0. The van der Waals surface area contributed by atoms with E-state index in [1.54, 1.807) is 50.9 Å². The molecule has 3 heterocycles. The average molecular weight is 1200 g/mol. The summed E-state index contributed by atoms with van der Waals surface area (Å²) in [5.74, 6) is -6.08. The number of hydrogen-bond donors (Lipinski definition) is 0. The van der Waals surface area contributed by atoms with Crippen LogP contribution in [0.15, 0.2) is 73.3 Å². The van der Waals surface area contributed by atoms with E-state index in [1.165, 1.54) is 42.0 Å². The van der Waals surface area contributed by atoms with E-state index in [9.17, 15) is 28.8 Å². The van der Waals surface area contributed by atoms with Gasteiger partial charge in [0.25, 0.3) is 23.6 Å². The maximum atomic E-state index is 15.1. The van der Waals surface area contributed by atoms with Gasteiger partial charge in [-0.25, -0.2) is 29.1 Å². The van der Waals surface area contributed by atoms with E-state index >= 15 is 9.59 Å². The topological polar surface area (TPSA) is 241 Å². The van der Waals surface area contributed by atoms with E-state index in [2.05, 4.69) is 9.97 Å². The summed E-state index contributed by atoms with van der Waals surface area (Å²) in [5, 5.41) is 0. The molecule has 22 heteroatoms. The van der Waals surface area contributed by atoms with Crippen molar-refractivity contribution in [1.82, 2.24) is 38.7 Å². The molecule has 2 aromatic heterocycles. The van der Waals surface area contributed by atoms with E-state index in [0.29, 0.717) is 37.4 Å². The Morgan fingerprint density at radius 3 is 0.965 bits per heavy atom. The maximum absolute atomic E-state index is 15.1. The molecule has 0 aliphatic carbocycles. The van der Waals surface area contributed by atoms with Crippen molar-refractivity contribution in [3.05, 3.63) is 107 Å². The van der Waals surface area contributed by atoms with E-state index in [1.807, 2.05) is 101 Å². The summed E-state index contributed by atoms with van der Waals surface area (Å²) in [4.78, 5) is 131. The molecule has 0 unspecified atom stereocenters. The van der Waals surface area contributed by atoms with Crippen LogP contribution in [0.2, 0.25) is 0 Å². The number of likely N-dealkylation sites (N-methyl/N-ethyl adjacent to an activating group) is 4. The second-order valence-corrected chi connectivity index (χ2v) is 24.2. The fourth-order valence-corrected chi connectivity index (χ4v) is 10.4. The van der Waals surface area contributed by atoms with Crippen LogP contribution in [0.4, 0.5) is 0 Å². The summed E-state index contributed by atoms with van der Waals surface area (Å²) in [6, 6.07) is 9.52. The molecule has 0 spiro atoms. The zero-order valence-corrected chi connectivity index (χ0v) is 53.2. The predicted molar refractivity (Wildman–Crippen MR) is 319 cm³/mol. The molecule has 0 N–H and O–H groups in total. The number of cyclic esters (lactones) is 4. The van der Waals surface area contributed by atoms with Crippen LogP contribution in [-0.2, 0) is 106 Å². The first-order valence-electron chi connectivity index (χ1n) is 29.7. The first kappa shape index (κ1) is 69.3. The molecule has 4 aromatic rings. The van der Waals surface area contributed by atoms with Crippen molar-refractivity contribution < 1.29 is 66.8 Å². The Labute approximate surface area is 507 Å². The Hall–Kier alpha value is -7.46. The molecule has 1 saturated heterocycles. The summed E-state index contributed by atoms with van der Waals surface area (Å²) < 4.78 is 38.8. The summed E-state index contributed by atoms with van der Waals surface area (Å²) in [5.41, 5.74) is 3.02. The van der Waals surface area contributed by atoms with Gasteiger partial charge in [-0.2, -0.15) is 0 Å². The number of carbonyl (C=O) groups is 8. The van der Waals surface area contributed by atoms with Crippen molar-refractivity contribution >= 4 is 47.5 Å². The molecule has 86 heavy (non-hydrogen) atoms. The molecular formula is C64H92N8O14. The smallest absolute Gasteiger partial charge is 0.329 e. The third-order valence-electron chi connectivity index (χ3n) is 15.2. The van der Waals surface area contributed by atoms with Crippen molar-refractivity contribution in [1.29, 1.82) is 0 Å². The lowest BCUT2D eigenvalue weighted by Gasteiger charge is -2.35. The van der Waals surface area contributed by atoms with Gasteiger partial charge in [0.15, 0.2) is 24.4 Å². The van der Waals surface area contributed by atoms with E-state index in [-0.39, 0.29) is 62.2 Å². The molecule has 5 rings (SSSR count). The lowest BCUT2D eigenvalue weighted by Crippen LogP contribution is -2.55. The molecule has 1 aliphatic rings. The molecule has 4 amide bonds. The van der Waals surface area contributed by atoms with E-state index in [4.69, 9.17) is 28.4 Å². The summed E-state index contributed by atoms with van der Waals surface area (Å²) in [6.07, 6.45) is 0.947. The molecule has 0 bridgehead atoms. The minimum atomic E-state index is -1.55. The second-order valence-electron chi connectivity index (χ2n) is 24.2. The number of carbonyl (C=O) groups excluding carboxylic acids is 8. The van der Waals surface area contributed by atoms with Crippen molar-refractivity contribution in [3.8, 4) is 0 Å². The molecule has 2 aromatic carbocycles. The Balaban J connectivity index is 1.58. The van der Waals surface area contributed by atoms with Gasteiger partial charge >= 0.3 is 23.9 Å². The first-order valence-corrected chi connectivity index (χ1v) is 29.7. The number of aromatic nitrogens is 4. The standard InChI is InChI=1S/C64H92N8O14/c1-39(2)29-49-61(77)83-43(9)57(73)67(11)52(32-42(7)8)64(80)86-54(34-46-19-23-48(24-20-46)36-72-28-26-66-56(72)38-82-16)60(76)70(14)50(30-40(3)4)62(78)84-44(10)58(74)68(12)51(31-41(5)6)63(79)85-53(59(75)69(49)13)33-45-17-21-47(22-18-45)35-71-27-25-65-55(71)37-81-15/h17-28,39-44,49-54H,29-38H2,1-16H3/t43-,44-,49+,50+,51+,52+,53-,54-/m1/s1. The zero-order valence-electron chi connectivity index (χ0n) is 53.2. The van der Waals surface area contributed by atoms with Crippen molar-refractivity contribution in [2.75, 3.05) is 42.4 Å². The number of nitrogens with zero attached hydrogens (tertiary/aromatic N) is 8. The van der Waals surface area contributed by atoms with Gasteiger partial charge in [0.1, 0.15) is 49.0 Å². The lowest BCUT2D eigenvalue weighted by atomic mass is 9.99. The van der Waals surface area contributed by atoms with Crippen LogP contribution >= 0.6 is 0 Å². The van der Waals surface area contributed by atoms with Gasteiger partial charge in [-0.05, 0) is 85.5 Å². The predicted octanol–water partition coefficient (Wildman–Crippen LogP) is 6.45. The number of methoxy groups -OCH3 is 2. The molecule has 8 atom stereocenters. The van der Waals surface area contributed by atoms with Gasteiger partial charge in [-0.3, -0.25) is 19.2 Å². The molecule has 0 saturated carbocycles. The van der Waals surface area contributed by atoms with Crippen LogP contribution in [0, 0.1) is 23.7 Å². The highest BCUT2D eigenvalue weighted by Crippen LogP contribution is 2.25.